The zero-order valence-electron chi connectivity index (χ0n) is 14.2. The molecule has 0 bridgehead atoms. The number of para-hydroxylation sites is 1. The fraction of sp³-hybridized carbons (Fsp3) is 0. The van der Waals surface area contributed by atoms with E-state index in [0.29, 0.717) is 16.8 Å². The summed E-state index contributed by atoms with van der Waals surface area (Å²) in [6, 6.07) is 15.0. The SMILES string of the molecule is O=[N+]([O-])c1cccc(C=Nc2ccc3oc(-c4ccccc4F)nc3c2)c1[O-]. The first kappa shape index (κ1) is 17.3. The number of hydrogen-bond donors (Lipinski definition) is 0. The van der Waals surface area contributed by atoms with Crippen molar-refractivity contribution in [1.29, 1.82) is 0 Å². The Labute approximate surface area is 157 Å². The fourth-order valence-corrected chi connectivity index (χ4v) is 2.68. The van der Waals surface area contributed by atoms with Crippen LogP contribution >= 0.6 is 0 Å². The molecule has 4 aromatic rings. The molecule has 0 radical (unpaired) electrons. The molecule has 0 spiro atoms. The van der Waals surface area contributed by atoms with Crippen molar-refractivity contribution in [1.82, 2.24) is 4.98 Å². The number of nitro groups is 1. The van der Waals surface area contributed by atoms with Crippen molar-refractivity contribution >= 4 is 28.7 Å². The summed E-state index contributed by atoms with van der Waals surface area (Å²) < 4.78 is 19.5. The topological polar surface area (TPSA) is 105 Å². The van der Waals surface area contributed by atoms with E-state index in [4.69, 9.17) is 4.42 Å². The summed E-state index contributed by atoms with van der Waals surface area (Å²) in [6.07, 6.45) is 1.26. The van der Waals surface area contributed by atoms with Crippen molar-refractivity contribution in [2.75, 3.05) is 0 Å². The van der Waals surface area contributed by atoms with E-state index >= 15 is 0 Å². The van der Waals surface area contributed by atoms with Crippen LogP contribution in [0.2, 0.25) is 0 Å². The van der Waals surface area contributed by atoms with Crippen molar-refractivity contribution in [2.45, 2.75) is 0 Å². The van der Waals surface area contributed by atoms with Gasteiger partial charge in [-0.25, -0.2) is 9.37 Å². The predicted octanol–water partition coefficient (Wildman–Crippen LogP) is 4.37. The lowest BCUT2D eigenvalue weighted by Gasteiger charge is -2.09. The minimum atomic E-state index is -0.731. The number of rotatable bonds is 4. The smallest absolute Gasteiger partial charge is 0.262 e. The molecule has 3 aromatic carbocycles. The molecule has 7 nitrogen and oxygen atoms in total. The lowest BCUT2D eigenvalue weighted by atomic mass is 10.2. The van der Waals surface area contributed by atoms with Crippen molar-refractivity contribution < 1.29 is 18.8 Å². The summed E-state index contributed by atoms with van der Waals surface area (Å²) >= 11 is 0. The molecule has 8 heteroatoms. The maximum atomic E-state index is 13.9. The molecule has 0 atom stereocenters. The van der Waals surface area contributed by atoms with Crippen LogP contribution in [0.1, 0.15) is 5.56 Å². The Morgan fingerprint density at radius 1 is 1.11 bits per heavy atom. The van der Waals surface area contributed by atoms with E-state index in [9.17, 15) is 19.6 Å². The van der Waals surface area contributed by atoms with Crippen molar-refractivity contribution in [3.63, 3.8) is 0 Å². The maximum absolute atomic E-state index is 13.9. The molecular formula is C20H11FN3O4-. The van der Waals surface area contributed by atoms with Gasteiger partial charge in [0.2, 0.25) is 5.89 Å². The molecule has 0 saturated carbocycles. The normalized spacial score (nSPS) is 11.3. The molecule has 4 rings (SSSR count). The highest BCUT2D eigenvalue weighted by Gasteiger charge is 2.12. The average molecular weight is 376 g/mol. The van der Waals surface area contributed by atoms with Gasteiger partial charge in [0.1, 0.15) is 11.3 Å². The van der Waals surface area contributed by atoms with Crippen molar-refractivity contribution in [3.8, 4) is 17.2 Å². The van der Waals surface area contributed by atoms with Crippen LogP contribution in [-0.2, 0) is 0 Å². The first-order valence-electron chi connectivity index (χ1n) is 8.17. The van der Waals surface area contributed by atoms with Crippen LogP contribution in [0.15, 0.2) is 70.1 Å². The first-order chi connectivity index (χ1) is 13.5. The molecule has 0 unspecified atom stereocenters. The Morgan fingerprint density at radius 3 is 2.71 bits per heavy atom. The van der Waals surface area contributed by atoms with Gasteiger partial charge < -0.3 is 9.52 Å². The molecule has 0 saturated heterocycles. The monoisotopic (exact) mass is 376 g/mol. The van der Waals surface area contributed by atoms with E-state index in [-0.39, 0.29) is 17.0 Å². The van der Waals surface area contributed by atoms with E-state index in [0.717, 1.165) is 6.07 Å². The number of oxazole rings is 1. The summed E-state index contributed by atoms with van der Waals surface area (Å²) in [5.74, 6) is -1.00. The summed E-state index contributed by atoms with van der Waals surface area (Å²) in [6.45, 7) is 0. The van der Waals surface area contributed by atoms with Crippen LogP contribution in [0.25, 0.3) is 22.6 Å². The number of nitro benzene ring substituents is 1. The number of aliphatic imine (C=N–C) groups is 1. The van der Waals surface area contributed by atoms with Crippen molar-refractivity contribution in [3.05, 3.63) is 82.2 Å². The van der Waals surface area contributed by atoms with Gasteiger partial charge in [-0.3, -0.25) is 15.1 Å². The third-order valence-electron chi connectivity index (χ3n) is 4.05. The number of nitrogens with zero attached hydrogens (tertiary/aromatic N) is 3. The zero-order valence-corrected chi connectivity index (χ0v) is 14.2. The third kappa shape index (κ3) is 3.18. The number of benzene rings is 3. The van der Waals surface area contributed by atoms with E-state index in [1.54, 1.807) is 36.4 Å². The highest BCUT2D eigenvalue weighted by atomic mass is 19.1. The summed E-state index contributed by atoms with van der Waals surface area (Å²) in [5.41, 5.74) is 1.22. The van der Waals surface area contributed by atoms with E-state index in [1.807, 2.05) is 0 Å². The fourth-order valence-electron chi connectivity index (χ4n) is 2.68. The number of aromatic nitrogens is 1. The second-order valence-corrected chi connectivity index (χ2v) is 5.86. The van der Waals surface area contributed by atoms with Gasteiger partial charge in [-0.15, -0.1) is 0 Å². The zero-order chi connectivity index (χ0) is 19.7. The minimum absolute atomic E-state index is 0.0986. The van der Waals surface area contributed by atoms with Crippen molar-refractivity contribution in [2.24, 2.45) is 4.99 Å². The quantitative estimate of drug-likeness (QED) is 0.299. The third-order valence-corrected chi connectivity index (χ3v) is 4.05. The second-order valence-electron chi connectivity index (χ2n) is 5.86. The van der Waals surface area contributed by atoms with Crippen LogP contribution < -0.4 is 5.11 Å². The van der Waals surface area contributed by atoms with E-state index in [1.165, 1.54) is 24.4 Å². The molecule has 0 fully saturated rings. The Morgan fingerprint density at radius 2 is 1.93 bits per heavy atom. The number of fused-ring (bicyclic) bond motifs is 1. The van der Waals surface area contributed by atoms with Gasteiger partial charge in [0.05, 0.1) is 16.2 Å². The molecule has 0 aliphatic carbocycles. The Kier molecular flexibility index (Phi) is 4.29. The van der Waals surface area contributed by atoms with Gasteiger partial charge in [-0.05, 0) is 41.6 Å². The van der Waals surface area contributed by atoms with E-state index in [2.05, 4.69) is 9.98 Å². The summed E-state index contributed by atoms with van der Waals surface area (Å²) in [4.78, 5) is 18.6. The standard InChI is InChI=1S/C20H12FN3O4/c21-15-6-2-1-5-14(15)20-23-16-10-13(8-9-18(16)28-20)22-11-12-4-3-7-17(19(12)25)24(26)27/h1-11,25H/p-1. The highest BCUT2D eigenvalue weighted by Crippen LogP contribution is 2.29. The van der Waals surface area contributed by atoms with Gasteiger partial charge in [0.15, 0.2) is 5.58 Å². The molecule has 28 heavy (non-hydrogen) atoms. The predicted molar refractivity (Wildman–Crippen MR) is 99.2 cm³/mol. The average Bonchev–Trinajstić information content (AvgIpc) is 3.10. The lowest BCUT2D eigenvalue weighted by molar-refractivity contribution is -0.398. The highest BCUT2D eigenvalue weighted by molar-refractivity contribution is 5.88. The van der Waals surface area contributed by atoms with Gasteiger partial charge in [-0.1, -0.05) is 24.3 Å². The van der Waals surface area contributed by atoms with Gasteiger partial charge in [0.25, 0.3) is 5.69 Å². The molecule has 1 aromatic heterocycles. The molecule has 138 valence electrons. The number of hydrogen-bond acceptors (Lipinski definition) is 6. The first-order valence-corrected chi connectivity index (χ1v) is 8.17. The van der Waals surface area contributed by atoms with Gasteiger partial charge in [0, 0.05) is 12.3 Å². The Balaban J connectivity index is 1.68. The number of halogens is 1. The summed E-state index contributed by atoms with van der Waals surface area (Å²) in [7, 11) is 0. The molecule has 1 heterocycles. The molecule has 0 N–H and O–H groups in total. The molecule has 0 amide bonds. The van der Waals surface area contributed by atoms with E-state index < -0.39 is 22.2 Å². The van der Waals surface area contributed by atoms with Crippen LogP contribution in [0.3, 0.4) is 0 Å². The van der Waals surface area contributed by atoms with Crippen LogP contribution in [-0.4, -0.2) is 16.1 Å². The molecular weight excluding hydrogens is 365 g/mol. The van der Waals surface area contributed by atoms with Crippen LogP contribution in [0, 0.1) is 15.9 Å². The van der Waals surface area contributed by atoms with Crippen LogP contribution in [0.4, 0.5) is 15.8 Å². The van der Waals surface area contributed by atoms with Crippen LogP contribution in [0.5, 0.6) is 5.75 Å². The maximum Gasteiger partial charge on any atom is 0.262 e. The molecule has 0 aliphatic heterocycles. The van der Waals surface area contributed by atoms with Gasteiger partial charge >= 0.3 is 0 Å². The largest absolute Gasteiger partial charge is 0.867 e. The minimum Gasteiger partial charge on any atom is -0.867 e. The van der Waals surface area contributed by atoms with Gasteiger partial charge in [-0.2, -0.15) is 0 Å². The Hall–Kier alpha value is -4.07. The lowest BCUT2D eigenvalue weighted by Crippen LogP contribution is -2.01. The Bertz CT molecular complexity index is 1230. The summed E-state index contributed by atoms with van der Waals surface area (Å²) in [5, 5.41) is 22.9. The second kappa shape index (κ2) is 6.92. The molecule has 0 aliphatic rings.